The van der Waals surface area contributed by atoms with E-state index in [1.165, 1.54) is 23.8 Å². The van der Waals surface area contributed by atoms with Crippen LogP contribution in [0.2, 0.25) is 0 Å². The van der Waals surface area contributed by atoms with E-state index in [-0.39, 0.29) is 17.1 Å². The molecule has 1 amide bonds. The van der Waals surface area contributed by atoms with E-state index in [2.05, 4.69) is 17.4 Å². The van der Waals surface area contributed by atoms with Crippen LogP contribution in [0.5, 0.6) is 5.75 Å². The molecule has 1 saturated heterocycles. The molecule has 0 bridgehead atoms. The van der Waals surface area contributed by atoms with Crippen LogP contribution >= 0.6 is 22.6 Å². The van der Waals surface area contributed by atoms with Crippen molar-refractivity contribution < 1.29 is 18.7 Å². The van der Waals surface area contributed by atoms with E-state index in [0.29, 0.717) is 35.5 Å². The van der Waals surface area contributed by atoms with Crippen molar-refractivity contribution in [2.45, 2.75) is 25.2 Å². The highest BCUT2D eigenvalue weighted by atomic mass is 127. The van der Waals surface area contributed by atoms with Gasteiger partial charge in [-0.3, -0.25) is 4.79 Å². The highest BCUT2D eigenvalue weighted by molar-refractivity contribution is 14.1. The summed E-state index contributed by atoms with van der Waals surface area (Å²) in [5.74, 6) is 0.316. The Balaban J connectivity index is 1.77. The Morgan fingerprint density at radius 3 is 2.56 bits per heavy atom. The summed E-state index contributed by atoms with van der Waals surface area (Å²) in [7, 11) is 0. The maximum Gasteiger partial charge on any atom is 0.252 e. The number of carbonyl (C=O) groups excluding carboxylic acids is 1. The van der Waals surface area contributed by atoms with Crippen LogP contribution in [-0.4, -0.2) is 32.3 Å². The second kappa shape index (κ2) is 9.01. The van der Waals surface area contributed by atoms with Gasteiger partial charge in [0, 0.05) is 28.7 Å². The summed E-state index contributed by atoms with van der Waals surface area (Å²) in [5, 5.41) is 3.06. The second-order valence-corrected chi connectivity index (χ2v) is 7.82. The maximum atomic E-state index is 13.3. The third-order valence-corrected chi connectivity index (χ3v) is 5.88. The summed E-state index contributed by atoms with van der Waals surface area (Å²) < 4.78 is 25.0. The van der Waals surface area contributed by atoms with Crippen molar-refractivity contribution in [2.24, 2.45) is 0 Å². The first-order chi connectivity index (χ1) is 13.0. The normalized spacial score (nSPS) is 16.0. The van der Waals surface area contributed by atoms with Gasteiger partial charge in [0.15, 0.2) is 0 Å². The molecule has 4 nitrogen and oxygen atoms in total. The van der Waals surface area contributed by atoms with Crippen LogP contribution < -0.4 is 10.1 Å². The van der Waals surface area contributed by atoms with Crippen LogP contribution in [0.3, 0.4) is 0 Å². The Hall–Kier alpha value is -1.67. The first-order valence-corrected chi connectivity index (χ1v) is 10.2. The van der Waals surface area contributed by atoms with E-state index >= 15 is 0 Å². The highest BCUT2D eigenvalue weighted by Crippen LogP contribution is 2.35. The fraction of sp³-hybridized carbons (Fsp3) is 0.381. The van der Waals surface area contributed by atoms with Crippen LogP contribution in [-0.2, 0) is 10.2 Å². The first-order valence-electron chi connectivity index (χ1n) is 9.08. The van der Waals surface area contributed by atoms with E-state index in [4.69, 9.17) is 9.47 Å². The molecule has 3 rings (SSSR count). The lowest BCUT2D eigenvalue weighted by Crippen LogP contribution is -2.44. The van der Waals surface area contributed by atoms with E-state index in [1.807, 2.05) is 41.6 Å². The van der Waals surface area contributed by atoms with Gasteiger partial charge >= 0.3 is 0 Å². The SMILES string of the molecule is CCOc1ccc(C2(CNC(=O)c3ccc(F)cc3I)CCOCC2)cc1. The van der Waals surface area contributed by atoms with E-state index in [1.54, 1.807) is 0 Å². The van der Waals surface area contributed by atoms with E-state index < -0.39 is 0 Å². The topological polar surface area (TPSA) is 47.6 Å². The molecule has 0 unspecified atom stereocenters. The highest BCUT2D eigenvalue weighted by Gasteiger charge is 2.35. The van der Waals surface area contributed by atoms with Gasteiger partial charge in [-0.15, -0.1) is 0 Å². The lowest BCUT2D eigenvalue weighted by atomic mass is 9.74. The van der Waals surface area contributed by atoms with Gasteiger partial charge in [-0.1, -0.05) is 12.1 Å². The van der Waals surface area contributed by atoms with Crippen molar-refractivity contribution in [3.63, 3.8) is 0 Å². The Kier molecular flexibility index (Phi) is 6.70. The third kappa shape index (κ3) is 4.79. The predicted molar refractivity (Wildman–Crippen MR) is 111 cm³/mol. The summed E-state index contributed by atoms with van der Waals surface area (Å²) >= 11 is 1.99. The standard InChI is InChI=1S/C21H23FINO3/c1-2-27-17-6-3-15(4-7-17)21(9-11-26-12-10-21)14-24-20(25)18-8-5-16(22)13-19(18)23/h3-8,13H,2,9-12,14H2,1H3,(H,24,25). The first kappa shape index (κ1) is 20.1. The molecule has 0 aliphatic carbocycles. The molecule has 2 aromatic rings. The molecule has 2 aromatic carbocycles. The summed E-state index contributed by atoms with van der Waals surface area (Å²) in [4.78, 5) is 12.6. The van der Waals surface area contributed by atoms with Crippen LogP contribution in [0.25, 0.3) is 0 Å². The molecule has 6 heteroatoms. The fourth-order valence-corrected chi connectivity index (χ4v) is 4.14. The second-order valence-electron chi connectivity index (χ2n) is 6.66. The minimum atomic E-state index is -0.341. The summed E-state index contributed by atoms with van der Waals surface area (Å²) in [6.45, 7) is 4.43. The number of halogens is 2. The minimum Gasteiger partial charge on any atom is -0.494 e. The van der Waals surface area contributed by atoms with Gasteiger partial charge in [-0.25, -0.2) is 4.39 Å². The van der Waals surface area contributed by atoms with Gasteiger partial charge < -0.3 is 14.8 Å². The minimum absolute atomic E-state index is 0.176. The molecular weight excluding hydrogens is 460 g/mol. The number of ether oxygens (including phenoxy) is 2. The number of nitrogens with one attached hydrogen (secondary N) is 1. The van der Waals surface area contributed by atoms with Crippen molar-refractivity contribution in [1.82, 2.24) is 5.32 Å². The lowest BCUT2D eigenvalue weighted by Gasteiger charge is -2.38. The molecule has 0 aromatic heterocycles. The molecule has 1 N–H and O–H groups in total. The molecule has 1 aliphatic rings. The molecule has 144 valence electrons. The Morgan fingerprint density at radius 1 is 1.22 bits per heavy atom. The average molecular weight is 483 g/mol. The van der Waals surface area contributed by atoms with Gasteiger partial charge in [0.2, 0.25) is 0 Å². The summed E-state index contributed by atoms with van der Waals surface area (Å²) in [5.41, 5.74) is 1.48. The lowest BCUT2D eigenvalue weighted by molar-refractivity contribution is 0.0487. The van der Waals surface area contributed by atoms with Gasteiger partial charge in [0.05, 0.1) is 12.2 Å². The molecule has 1 aliphatic heterocycles. The molecule has 1 heterocycles. The van der Waals surface area contributed by atoms with Crippen molar-refractivity contribution in [2.75, 3.05) is 26.4 Å². The molecule has 0 radical (unpaired) electrons. The van der Waals surface area contributed by atoms with Crippen molar-refractivity contribution >= 4 is 28.5 Å². The fourth-order valence-electron chi connectivity index (χ4n) is 3.42. The molecule has 0 spiro atoms. The van der Waals surface area contributed by atoms with E-state index in [9.17, 15) is 9.18 Å². The van der Waals surface area contributed by atoms with Gasteiger partial charge in [0.1, 0.15) is 11.6 Å². The van der Waals surface area contributed by atoms with Crippen LogP contribution in [0.4, 0.5) is 4.39 Å². The van der Waals surface area contributed by atoms with Crippen molar-refractivity contribution in [1.29, 1.82) is 0 Å². The van der Waals surface area contributed by atoms with Crippen molar-refractivity contribution in [3.05, 3.63) is 63.0 Å². The number of hydrogen-bond acceptors (Lipinski definition) is 3. The molecule has 0 atom stereocenters. The molecular formula is C21H23FINO3. The maximum absolute atomic E-state index is 13.3. The number of benzene rings is 2. The third-order valence-electron chi connectivity index (χ3n) is 4.99. The van der Waals surface area contributed by atoms with Gasteiger partial charge in [0.25, 0.3) is 5.91 Å². The Bertz CT molecular complexity index is 789. The average Bonchev–Trinajstić information content (AvgIpc) is 2.68. The smallest absolute Gasteiger partial charge is 0.252 e. The largest absolute Gasteiger partial charge is 0.494 e. The number of amides is 1. The molecule has 1 fully saturated rings. The zero-order valence-electron chi connectivity index (χ0n) is 15.3. The van der Waals surface area contributed by atoms with Crippen LogP contribution in [0.1, 0.15) is 35.7 Å². The summed E-state index contributed by atoms with van der Waals surface area (Å²) in [6, 6.07) is 12.3. The predicted octanol–water partition coefficient (Wildman–Crippen LogP) is 4.31. The van der Waals surface area contributed by atoms with Crippen LogP contribution in [0.15, 0.2) is 42.5 Å². The molecule has 0 saturated carbocycles. The van der Waals surface area contributed by atoms with E-state index in [0.717, 1.165) is 18.6 Å². The molecule has 27 heavy (non-hydrogen) atoms. The monoisotopic (exact) mass is 483 g/mol. The number of carbonyl (C=O) groups is 1. The number of rotatable bonds is 6. The Labute approximate surface area is 172 Å². The quantitative estimate of drug-likeness (QED) is 0.624. The number of hydrogen-bond donors (Lipinski definition) is 1. The zero-order valence-corrected chi connectivity index (χ0v) is 17.4. The van der Waals surface area contributed by atoms with Gasteiger partial charge in [-0.2, -0.15) is 0 Å². The van der Waals surface area contributed by atoms with Crippen molar-refractivity contribution in [3.8, 4) is 5.75 Å². The van der Waals surface area contributed by atoms with Crippen LogP contribution in [0, 0.1) is 9.39 Å². The Morgan fingerprint density at radius 2 is 1.93 bits per heavy atom. The summed E-state index contributed by atoms with van der Waals surface area (Å²) in [6.07, 6.45) is 1.67. The zero-order chi connectivity index (χ0) is 19.3. The van der Waals surface area contributed by atoms with Gasteiger partial charge in [-0.05, 0) is 78.3 Å².